The van der Waals surface area contributed by atoms with Crippen LogP contribution in [0.3, 0.4) is 0 Å². The van der Waals surface area contributed by atoms with Crippen LogP contribution in [-0.4, -0.2) is 5.11 Å². The van der Waals surface area contributed by atoms with Gasteiger partial charge in [-0.05, 0) is 47.6 Å². The SMILES string of the molecule is OC(Cc1ccc(Br)cc1)c1ccccc1C1CCC1. The molecule has 0 amide bonds. The van der Waals surface area contributed by atoms with Gasteiger partial charge >= 0.3 is 0 Å². The fourth-order valence-corrected chi connectivity index (χ4v) is 3.12. The molecule has 0 spiro atoms. The summed E-state index contributed by atoms with van der Waals surface area (Å²) in [5.41, 5.74) is 3.63. The van der Waals surface area contributed by atoms with Gasteiger partial charge in [-0.3, -0.25) is 0 Å². The third kappa shape index (κ3) is 2.97. The van der Waals surface area contributed by atoms with Crippen molar-refractivity contribution in [2.45, 2.75) is 37.7 Å². The van der Waals surface area contributed by atoms with Gasteiger partial charge in [-0.15, -0.1) is 0 Å². The van der Waals surface area contributed by atoms with Crippen molar-refractivity contribution in [1.29, 1.82) is 0 Å². The van der Waals surface area contributed by atoms with Crippen LogP contribution < -0.4 is 0 Å². The Bertz CT molecular complexity index is 572. The summed E-state index contributed by atoms with van der Waals surface area (Å²) in [6.45, 7) is 0. The van der Waals surface area contributed by atoms with E-state index in [1.54, 1.807) is 0 Å². The summed E-state index contributed by atoms with van der Waals surface area (Å²) in [4.78, 5) is 0. The highest BCUT2D eigenvalue weighted by Crippen LogP contribution is 2.39. The average molecular weight is 331 g/mol. The minimum absolute atomic E-state index is 0.409. The monoisotopic (exact) mass is 330 g/mol. The van der Waals surface area contributed by atoms with Crippen LogP contribution in [0.4, 0.5) is 0 Å². The highest BCUT2D eigenvalue weighted by molar-refractivity contribution is 9.10. The molecule has 0 heterocycles. The smallest absolute Gasteiger partial charge is 0.0833 e. The van der Waals surface area contributed by atoms with E-state index < -0.39 is 6.10 Å². The minimum Gasteiger partial charge on any atom is -0.388 e. The summed E-state index contributed by atoms with van der Waals surface area (Å²) in [6, 6.07) is 16.6. The first-order chi connectivity index (χ1) is 9.74. The molecule has 104 valence electrons. The molecule has 1 N–H and O–H groups in total. The molecule has 2 heteroatoms. The molecule has 2 aromatic rings. The molecule has 1 nitrogen and oxygen atoms in total. The molecule has 0 saturated heterocycles. The Morgan fingerprint density at radius 3 is 2.40 bits per heavy atom. The van der Waals surface area contributed by atoms with Crippen molar-refractivity contribution in [2.24, 2.45) is 0 Å². The van der Waals surface area contributed by atoms with Gasteiger partial charge in [-0.2, -0.15) is 0 Å². The van der Waals surface area contributed by atoms with E-state index in [1.807, 2.05) is 18.2 Å². The van der Waals surface area contributed by atoms with Crippen molar-refractivity contribution in [3.63, 3.8) is 0 Å². The molecule has 0 radical (unpaired) electrons. The second-order valence-corrected chi connectivity index (χ2v) is 6.52. The first-order valence-electron chi connectivity index (χ1n) is 7.25. The lowest BCUT2D eigenvalue weighted by molar-refractivity contribution is 0.175. The maximum atomic E-state index is 10.6. The van der Waals surface area contributed by atoms with Gasteiger partial charge < -0.3 is 5.11 Å². The van der Waals surface area contributed by atoms with E-state index in [4.69, 9.17) is 0 Å². The van der Waals surface area contributed by atoms with Crippen molar-refractivity contribution >= 4 is 15.9 Å². The topological polar surface area (TPSA) is 20.2 Å². The van der Waals surface area contributed by atoms with E-state index in [0.29, 0.717) is 12.3 Å². The van der Waals surface area contributed by atoms with Crippen molar-refractivity contribution in [1.82, 2.24) is 0 Å². The van der Waals surface area contributed by atoms with Crippen molar-refractivity contribution < 1.29 is 5.11 Å². The van der Waals surface area contributed by atoms with Crippen LogP contribution in [0, 0.1) is 0 Å². The number of halogens is 1. The summed E-state index contributed by atoms with van der Waals surface area (Å²) in [5.74, 6) is 0.658. The second kappa shape index (κ2) is 6.11. The van der Waals surface area contributed by atoms with Crippen molar-refractivity contribution in [3.05, 3.63) is 69.7 Å². The van der Waals surface area contributed by atoms with Crippen LogP contribution in [0.25, 0.3) is 0 Å². The highest BCUT2D eigenvalue weighted by atomic mass is 79.9. The predicted octanol–water partition coefficient (Wildman–Crippen LogP) is 4.99. The van der Waals surface area contributed by atoms with E-state index in [2.05, 4.69) is 46.3 Å². The number of rotatable bonds is 4. The number of aliphatic hydroxyl groups excluding tert-OH is 1. The van der Waals surface area contributed by atoms with E-state index in [-0.39, 0.29) is 0 Å². The lowest BCUT2D eigenvalue weighted by Gasteiger charge is -2.29. The molecule has 1 unspecified atom stereocenters. The predicted molar refractivity (Wildman–Crippen MR) is 85.8 cm³/mol. The van der Waals surface area contributed by atoms with E-state index in [9.17, 15) is 5.11 Å². The quantitative estimate of drug-likeness (QED) is 0.836. The molecule has 1 aliphatic carbocycles. The van der Waals surface area contributed by atoms with Crippen LogP contribution in [0.5, 0.6) is 0 Å². The maximum absolute atomic E-state index is 10.6. The summed E-state index contributed by atoms with van der Waals surface area (Å²) in [5, 5.41) is 10.6. The zero-order valence-corrected chi connectivity index (χ0v) is 13.0. The molecule has 1 atom stereocenters. The van der Waals surface area contributed by atoms with Crippen LogP contribution in [0.15, 0.2) is 53.0 Å². The average Bonchev–Trinajstić information content (AvgIpc) is 2.40. The van der Waals surface area contributed by atoms with Gasteiger partial charge in [0.15, 0.2) is 0 Å². The number of benzene rings is 2. The van der Waals surface area contributed by atoms with Crippen LogP contribution in [0.1, 0.15) is 48.0 Å². The van der Waals surface area contributed by atoms with Crippen molar-refractivity contribution in [2.75, 3.05) is 0 Å². The number of hydrogen-bond acceptors (Lipinski definition) is 1. The molecule has 0 aromatic heterocycles. The fraction of sp³-hybridized carbons (Fsp3) is 0.333. The zero-order valence-electron chi connectivity index (χ0n) is 11.4. The molecular weight excluding hydrogens is 312 g/mol. The van der Waals surface area contributed by atoms with Crippen LogP contribution >= 0.6 is 15.9 Å². The largest absolute Gasteiger partial charge is 0.388 e. The highest BCUT2D eigenvalue weighted by Gasteiger charge is 2.24. The Kier molecular flexibility index (Phi) is 4.23. The molecule has 2 aromatic carbocycles. The Hall–Kier alpha value is -1.12. The molecule has 1 aliphatic rings. The lowest BCUT2D eigenvalue weighted by atomic mass is 9.77. The third-order valence-electron chi connectivity index (χ3n) is 4.24. The Labute approximate surface area is 128 Å². The Morgan fingerprint density at radius 1 is 1.05 bits per heavy atom. The molecule has 1 saturated carbocycles. The van der Waals surface area contributed by atoms with Crippen LogP contribution in [-0.2, 0) is 6.42 Å². The molecule has 0 aliphatic heterocycles. The van der Waals surface area contributed by atoms with E-state index in [0.717, 1.165) is 10.0 Å². The molecule has 20 heavy (non-hydrogen) atoms. The number of hydrogen-bond donors (Lipinski definition) is 1. The van der Waals surface area contributed by atoms with Gasteiger partial charge in [0, 0.05) is 10.9 Å². The van der Waals surface area contributed by atoms with Gasteiger partial charge in [0.2, 0.25) is 0 Å². The maximum Gasteiger partial charge on any atom is 0.0833 e. The summed E-state index contributed by atoms with van der Waals surface area (Å²) in [6.07, 6.45) is 4.12. The molecular formula is C18H19BrO. The first-order valence-corrected chi connectivity index (χ1v) is 8.04. The zero-order chi connectivity index (χ0) is 13.9. The van der Waals surface area contributed by atoms with Gasteiger partial charge in [0.1, 0.15) is 0 Å². The second-order valence-electron chi connectivity index (χ2n) is 5.60. The summed E-state index contributed by atoms with van der Waals surface area (Å²) >= 11 is 3.44. The van der Waals surface area contributed by atoms with Crippen LogP contribution in [0.2, 0.25) is 0 Å². The third-order valence-corrected chi connectivity index (χ3v) is 4.77. The standard InChI is InChI=1S/C18H19BrO/c19-15-10-8-13(9-11-15)12-18(20)17-7-2-1-6-16(17)14-4-3-5-14/h1-2,6-11,14,18,20H,3-5,12H2. The normalized spacial score (nSPS) is 16.7. The summed E-state index contributed by atoms with van der Waals surface area (Å²) < 4.78 is 1.07. The molecule has 0 bridgehead atoms. The molecule has 3 rings (SSSR count). The first kappa shape index (κ1) is 13.8. The van der Waals surface area contributed by atoms with Gasteiger partial charge in [0.25, 0.3) is 0 Å². The van der Waals surface area contributed by atoms with Gasteiger partial charge in [-0.1, -0.05) is 58.7 Å². The van der Waals surface area contributed by atoms with E-state index >= 15 is 0 Å². The number of aliphatic hydroxyl groups is 1. The fourth-order valence-electron chi connectivity index (χ4n) is 2.86. The van der Waals surface area contributed by atoms with Gasteiger partial charge in [-0.25, -0.2) is 0 Å². The molecule has 1 fully saturated rings. The Morgan fingerprint density at radius 2 is 1.75 bits per heavy atom. The minimum atomic E-state index is -0.409. The summed E-state index contributed by atoms with van der Waals surface area (Å²) in [7, 11) is 0. The van der Waals surface area contributed by atoms with E-state index in [1.165, 1.54) is 30.4 Å². The Balaban J connectivity index is 1.79. The van der Waals surface area contributed by atoms with Crippen molar-refractivity contribution in [3.8, 4) is 0 Å². The lowest BCUT2D eigenvalue weighted by Crippen LogP contribution is -2.14. The van der Waals surface area contributed by atoms with Gasteiger partial charge in [0.05, 0.1) is 6.10 Å².